The number of nitrogens with two attached hydrogens (primary N) is 1. The monoisotopic (exact) mass is 373 g/mol. The minimum atomic E-state index is -0.393. The van der Waals surface area contributed by atoms with Crippen molar-refractivity contribution in [2.75, 3.05) is 5.84 Å². The van der Waals surface area contributed by atoms with E-state index in [1.807, 2.05) is 17.5 Å². The maximum atomic E-state index is 13.9. The summed E-state index contributed by atoms with van der Waals surface area (Å²) in [5.41, 5.74) is 1.08. The smallest absolute Gasteiger partial charge is 0.236 e. The van der Waals surface area contributed by atoms with Crippen LogP contribution in [-0.4, -0.2) is 19.9 Å². The highest BCUT2D eigenvalue weighted by molar-refractivity contribution is 7.98. The Hall–Kier alpha value is -2.65. The lowest BCUT2D eigenvalue weighted by molar-refractivity contribution is 0.575. The van der Waals surface area contributed by atoms with Crippen LogP contribution < -0.4 is 5.84 Å². The Morgan fingerprint density at radius 2 is 2.08 bits per heavy atom. The van der Waals surface area contributed by atoms with Gasteiger partial charge in [-0.15, -0.1) is 21.5 Å². The first-order valence-corrected chi connectivity index (χ1v) is 9.15. The van der Waals surface area contributed by atoms with Crippen LogP contribution in [0.3, 0.4) is 0 Å². The second kappa shape index (κ2) is 6.69. The summed E-state index contributed by atoms with van der Waals surface area (Å²) >= 11 is 2.92. The Morgan fingerprint density at radius 1 is 1.20 bits per heavy atom. The van der Waals surface area contributed by atoms with E-state index in [0.717, 1.165) is 10.6 Å². The van der Waals surface area contributed by atoms with Crippen LogP contribution in [0.15, 0.2) is 57.6 Å². The van der Waals surface area contributed by atoms with Gasteiger partial charge in [-0.2, -0.15) is 0 Å². The average Bonchev–Trinajstić information content (AvgIpc) is 3.35. The van der Waals surface area contributed by atoms with Crippen molar-refractivity contribution in [3.05, 3.63) is 59.6 Å². The van der Waals surface area contributed by atoms with Crippen molar-refractivity contribution in [2.24, 2.45) is 0 Å². The van der Waals surface area contributed by atoms with Gasteiger partial charge in [0.1, 0.15) is 12.1 Å². The largest absolute Gasteiger partial charge is 0.444 e. The minimum absolute atomic E-state index is 0.278. The first kappa shape index (κ1) is 15.9. The molecule has 4 aromatic rings. The molecular formula is C16H12FN5OS2. The molecule has 0 aliphatic heterocycles. The van der Waals surface area contributed by atoms with Gasteiger partial charge in [0.05, 0.1) is 16.1 Å². The lowest BCUT2D eigenvalue weighted by atomic mass is 10.2. The molecule has 0 radical (unpaired) electrons. The topological polar surface area (TPSA) is 82.8 Å². The summed E-state index contributed by atoms with van der Waals surface area (Å²) in [5.74, 6) is 7.00. The third-order valence-electron chi connectivity index (χ3n) is 3.41. The zero-order chi connectivity index (χ0) is 17.2. The summed E-state index contributed by atoms with van der Waals surface area (Å²) in [6.07, 6.45) is 1.61. The number of rotatable bonds is 5. The highest BCUT2D eigenvalue weighted by Gasteiger charge is 2.16. The number of hydrogen-bond donors (Lipinski definition) is 1. The van der Waals surface area contributed by atoms with Crippen LogP contribution in [0.4, 0.5) is 4.39 Å². The van der Waals surface area contributed by atoms with E-state index in [1.165, 1.54) is 22.5 Å². The van der Waals surface area contributed by atoms with E-state index in [2.05, 4.69) is 15.2 Å². The molecule has 0 bridgehead atoms. The van der Waals surface area contributed by atoms with Crippen LogP contribution in [0.2, 0.25) is 0 Å². The predicted octanol–water partition coefficient (Wildman–Crippen LogP) is 3.81. The number of aromatic nitrogens is 4. The molecule has 0 spiro atoms. The second-order valence-electron chi connectivity index (χ2n) is 5.07. The van der Waals surface area contributed by atoms with E-state index in [9.17, 15) is 4.39 Å². The first-order valence-electron chi connectivity index (χ1n) is 7.29. The fourth-order valence-corrected chi connectivity index (χ4v) is 3.62. The summed E-state index contributed by atoms with van der Waals surface area (Å²) < 4.78 is 20.6. The van der Waals surface area contributed by atoms with E-state index < -0.39 is 5.82 Å². The Labute approximate surface area is 150 Å². The van der Waals surface area contributed by atoms with Gasteiger partial charge in [-0.1, -0.05) is 30.0 Å². The van der Waals surface area contributed by atoms with Crippen molar-refractivity contribution in [1.29, 1.82) is 0 Å². The van der Waals surface area contributed by atoms with Crippen LogP contribution in [0.25, 0.3) is 22.2 Å². The Morgan fingerprint density at radius 3 is 2.88 bits per heavy atom. The number of benzene rings is 1. The molecule has 2 N–H and O–H groups in total. The zero-order valence-corrected chi connectivity index (χ0v) is 14.4. The van der Waals surface area contributed by atoms with Crippen LogP contribution in [0, 0.1) is 5.82 Å². The lowest BCUT2D eigenvalue weighted by Gasteiger charge is -2.03. The maximum absolute atomic E-state index is 13.9. The molecule has 0 aliphatic carbocycles. The molecule has 9 heteroatoms. The van der Waals surface area contributed by atoms with Crippen LogP contribution >= 0.6 is 23.1 Å². The molecule has 0 fully saturated rings. The van der Waals surface area contributed by atoms with Crippen LogP contribution in [-0.2, 0) is 5.75 Å². The lowest BCUT2D eigenvalue weighted by Crippen LogP contribution is -2.12. The van der Waals surface area contributed by atoms with Crippen molar-refractivity contribution in [3.8, 4) is 22.2 Å². The Balaban J connectivity index is 1.50. The van der Waals surface area contributed by atoms with Crippen molar-refractivity contribution < 1.29 is 8.81 Å². The van der Waals surface area contributed by atoms with Crippen molar-refractivity contribution in [1.82, 2.24) is 19.9 Å². The highest BCUT2D eigenvalue weighted by atomic mass is 32.2. The molecule has 0 unspecified atom stereocenters. The number of thiophene rings is 1. The summed E-state index contributed by atoms with van der Waals surface area (Å²) in [6.45, 7) is 0. The number of nitrogen functional groups attached to an aromatic ring is 1. The van der Waals surface area contributed by atoms with Gasteiger partial charge >= 0.3 is 0 Å². The molecule has 25 heavy (non-hydrogen) atoms. The number of oxazole rings is 1. The molecule has 0 saturated heterocycles. The van der Waals surface area contributed by atoms with E-state index in [4.69, 9.17) is 10.3 Å². The first-order chi connectivity index (χ1) is 12.2. The van der Waals surface area contributed by atoms with Crippen molar-refractivity contribution in [2.45, 2.75) is 10.9 Å². The summed E-state index contributed by atoms with van der Waals surface area (Å²) in [7, 11) is 0. The van der Waals surface area contributed by atoms with E-state index in [1.54, 1.807) is 35.8 Å². The Bertz CT molecular complexity index is 996. The summed E-state index contributed by atoms with van der Waals surface area (Å²) in [5, 5.41) is 10.5. The van der Waals surface area contributed by atoms with Gasteiger partial charge in [0.2, 0.25) is 11.0 Å². The zero-order valence-electron chi connectivity index (χ0n) is 12.8. The SMILES string of the molecule is Nn1c(SCc2coc(-c3cccs3)n2)nnc1-c1ccccc1F. The minimum Gasteiger partial charge on any atom is -0.444 e. The third-order valence-corrected chi connectivity index (χ3v) is 5.25. The van der Waals surface area contributed by atoms with Crippen LogP contribution in [0.5, 0.6) is 0 Å². The van der Waals surface area contributed by atoms with Gasteiger partial charge in [-0.05, 0) is 23.6 Å². The quantitative estimate of drug-likeness (QED) is 0.423. The molecule has 0 aliphatic rings. The molecule has 126 valence electrons. The Kier molecular flexibility index (Phi) is 4.24. The molecule has 0 saturated carbocycles. The normalized spacial score (nSPS) is 11.1. The van der Waals surface area contributed by atoms with E-state index in [0.29, 0.717) is 22.4 Å². The number of thioether (sulfide) groups is 1. The van der Waals surface area contributed by atoms with Crippen molar-refractivity contribution in [3.63, 3.8) is 0 Å². The number of nitrogens with zero attached hydrogens (tertiary/aromatic N) is 4. The molecule has 0 amide bonds. The fraction of sp³-hybridized carbons (Fsp3) is 0.0625. The maximum Gasteiger partial charge on any atom is 0.236 e. The molecule has 6 nitrogen and oxygen atoms in total. The summed E-state index contributed by atoms with van der Waals surface area (Å²) in [6, 6.07) is 10.2. The van der Waals surface area contributed by atoms with Crippen LogP contribution in [0.1, 0.15) is 5.69 Å². The average molecular weight is 373 g/mol. The highest BCUT2D eigenvalue weighted by Crippen LogP contribution is 2.28. The molecule has 4 rings (SSSR count). The molecule has 3 aromatic heterocycles. The van der Waals surface area contributed by atoms with Gasteiger partial charge in [0.25, 0.3) is 0 Å². The molecular weight excluding hydrogens is 361 g/mol. The molecule has 1 aromatic carbocycles. The molecule has 0 atom stereocenters. The fourth-order valence-electron chi connectivity index (χ4n) is 2.23. The predicted molar refractivity (Wildman–Crippen MR) is 94.9 cm³/mol. The van der Waals surface area contributed by atoms with Crippen molar-refractivity contribution >= 4 is 23.1 Å². The van der Waals surface area contributed by atoms with E-state index >= 15 is 0 Å². The van der Waals surface area contributed by atoms with Gasteiger partial charge < -0.3 is 10.3 Å². The third kappa shape index (κ3) is 3.15. The van der Waals surface area contributed by atoms with Gasteiger partial charge in [-0.25, -0.2) is 14.1 Å². The summed E-state index contributed by atoms with van der Waals surface area (Å²) in [4.78, 5) is 5.41. The second-order valence-corrected chi connectivity index (χ2v) is 6.96. The van der Waals surface area contributed by atoms with Gasteiger partial charge in [-0.3, -0.25) is 0 Å². The van der Waals surface area contributed by atoms with Gasteiger partial charge in [0, 0.05) is 5.75 Å². The number of halogens is 1. The molecule has 3 heterocycles. The van der Waals surface area contributed by atoms with Gasteiger partial charge in [0.15, 0.2) is 5.82 Å². The van der Waals surface area contributed by atoms with E-state index in [-0.39, 0.29) is 5.82 Å². The standard InChI is InChI=1S/C16H12FN5OS2/c17-12-5-2-1-4-11(12)14-20-21-16(22(14)18)25-9-10-8-23-15(19-10)13-6-3-7-24-13/h1-8H,9,18H2. The number of hydrogen-bond acceptors (Lipinski definition) is 7.